The van der Waals surface area contributed by atoms with E-state index in [0.29, 0.717) is 6.42 Å². The quantitative estimate of drug-likeness (QED) is 0.774. The largest absolute Gasteiger partial charge is 0.391 e. The minimum absolute atomic E-state index is 0.0000680. The van der Waals surface area contributed by atoms with Crippen molar-refractivity contribution in [2.45, 2.75) is 69.1 Å². The van der Waals surface area contributed by atoms with Crippen LogP contribution in [0.25, 0.3) is 0 Å². The van der Waals surface area contributed by atoms with E-state index in [4.69, 9.17) is 5.73 Å². The minimum Gasteiger partial charge on any atom is -0.391 e. The van der Waals surface area contributed by atoms with Crippen molar-refractivity contribution in [1.29, 1.82) is 0 Å². The molecule has 4 nitrogen and oxygen atoms in total. The number of amides is 1. The highest BCUT2D eigenvalue weighted by atomic mass is 16.3. The Bertz CT molecular complexity index is 289. The molecule has 2 aliphatic rings. The van der Waals surface area contributed by atoms with Crippen LogP contribution in [0.1, 0.15) is 51.4 Å². The molecule has 0 aromatic heterocycles. The molecule has 0 saturated heterocycles. The van der Waals surface area contributed by atoms with Crippen molar-refractivity contribution in [2.24, 2.45) is 5.73 Å². The van der Waals surface area contributed by atoms with Crippen molar-refractivity contribution in [3.05, 3.63) is 0 Å². The number of carbonyl (C=O) groups is 1. The summed E-state index contributed by atoms with van der Waals surface area (Å²) in [5.41, 5.74) is 5.84. The molecule has 0 spiro atoms. The molecule has 1 amide bonds. The Hall–Kier alpha value is -0.610. The molecule has 4 heteroatoms. The fourth-order valence-corrected chi connectivity index (χ4v) is 2.96. The van der Waals surface area contributed by atoms with Gasteiger partial charge in [-0.15, -0.1) is 0 Å². The lowest BCUT2D eigenvalue weighted by Crippen LogP contribution is -2.53. The van der Waals surface area contributed by atoms with Gasteiger partial charge in [0.2, 0.25) is 5.91 Å². The molecule has 0 aromatic carbocycles. The summed E-state index contributed by atoms with van der Waals surface area (Å²) in [6.07, 6.45) is 7.05. The summed E-state index contributed by atoms with van der Waals surface area (Å²) in [5.74, 6) is 0.0955. The molecule has 2 aliphatic carbocycles. The van der Waals surface area contributed by atoms with Gasteiger partial charge in [-0.25, -0.2) is 0 Å². The average molecular weight is 240 g/mol. The molecule has 0 radical (unpaired) electrons. The molecule has 17 heavy (non-hydrogen) atoms. The third-order valence-corrected chi connectivity index (χ3v) is 4.44. The van der Waals surface area contributed by atoms with Crippen LogP contribution in [0, 0.1) is 0 Å². The molecule has 0 bridgehead atoms. The molecule has 2 rings (SSSR count). The molecule has 0 aliphatic heterocycles. The normalized spacial score (nSPS) is 31.7. The fraction of sp³-hybridized carbons (Fsp3) is 0.923. The number of hydrogen-bond acceptors (Lipinski definition) is 3. The van der Waals surface area contributed by atoms with Crippen LogP contribution in [0.15, 0.2) is 0 Å². The molecule has 3 N–H and O–H groups in total. The molecule has 2 atom stereocenters. The van der Waals surface area contributed by atoms with Crippen molar-refractivity contribution >= 4 is 5.91 Å². The number of rotatable bonds is 3. The van der Waals surface area contributed by atoms with Gasteiger partial charge in [-0.2, -0.15) is 0 Å². The maximum Gasteiger partial charge on any atom is 0.224 e. The van der Waals surface area contributed by atoms with Crippen LogP contribution in [-0.4, -0.2) is 40.6 Å². The Balaban J connectivity index is 1.89. The van der Waals surface area contributed by atoms with E-state index < -0.39 is 0 Å². The first-order chi connectivity index (χ1) is 8.02. The molecular weight excluding hydrogens is 216 g/mol. The second-order valence-electron chi connectivity index (χ2n) is 5.82. The third kappa shape index (κ3) is 2.80. The maximum atomic E-state index is 12.1. The van der Waals surface area contributed by atoms with Crippen molar-refractivity contribution in [3.8, 4) is 0 Å². The van der Waals surface area contributed by atoms with Gasteiger partial charge in [0.1, 0.15) is 0 Å². The summed E-state index contributed by atoms with van der Waals surface area (Å²) in [7, 11) is 1.81. The van der Waals surface area contributed by atoms with Crippen LogP contribution < -0.4 is 5.73 Å². The topological polar surface area (TPSA) is 66.6 Å². The smallest absolute Gasteiger partial charge is 0.224 e. The van der Waals surface area contributed by atoms with E-state index in [1.165, 1.54) is 0 Å². The lowest BCUT2D eigenvalue weighted by atomic mass is 9.75. The van der Waals surface area contributed by atoms with Gasteiger partial charge in [0.15, 0.2) is 0 Å². The highest BCUT2D eigenvalue weighted by Gasteiger charge is 2.37. The third-order valence-electron chi connectivity index (χ3n) is 4.44. The van der Waals surface area contributed by atoms with Crippen LogP contribution in [-0.2, 0) is 4.79 Å². The molecule has 0 heterocycles. The lowest BCUT2D eigenvalue weighted by molar-refractivity contribution is -0.137. The SMILES string of the molecule is CN(C(=O)CC1(N)CCC1)C1CCCCC1O. The predicted octanol–water partition coefficient (Wildman–Crippen LogP) is 1.02. The van der Waals surface area contributed by atoms with Crippen molar-refractivity contribution in [2.75, 3.05) is 7.05 Å². The van der Waals surface area contributed by atoms with Crippen LogP contribution >= 0.6 is 0 Å². The first-order valence-corrected chi connectivity index (χ1v) is 6.74. The van der Waals surface area contributed by atoms with Crippen molar-refractivity contribution in [3.63, 3.8) is 0 Å². The van der Waals surface area contributed by atoms with Gasteiger partial charge in [0.25, 0.3) is 0 Å². The van der Waals surface area contributed by atoms with Crippen LogP contribution in [0.5, 0.6) is 0 Å². The summed E-state index contributed by atoms with van der Waals surface area (Å²) >= 11 is 0. The van der Waals surface area contributed by atoms with E-state index in [-0.39, 0.29) is 23.6 Å². The number of aliphatic hydroxyl groups excluding tert-OH is 1. The zero-order valence-corrected chi connectivity index (χ0v) is 10.7. The maximum absolute atomic E-state index is 12.1. The summed E-state index contributed by atoms with van der Waals surface area (Å²) in [6.45, 7) is 0. The Morgan fingerprint density at radius 3 is 2.53 bits per heavy atom. The van der Waals surface area contributed by atoms with Crippen LogP contribution in [0.4, 0.5) is 0 Å². The summed E-state index contributed by atoms with van der Waals surface area (Å²) in [6, 6.07) is -0.0000680. The summed E-state index contributed by atoms with van der Waals surface area (Å²) in [4.78, 5) is 13.9. The second kappa shape index (κ2) is 4.94. The van der Waals surface area contributed by atoms with Gasteiger partial charge in [-0.1, -0.05) is 12.8 Å². The first kappa shape index (κ1) is 12.8. The zero-order valence-electron chi connectivity index (χ0n) is 10.7. The van der Waals surface area contributed by atoms with Crippen molar-refractivity contribution < 1.29 is 9.90 Å². The van der Waals surface area contributed by atoms with Crippen molar-refractivity contribution in [1.82, 2.24) is 4.90 Å². The highest BCUT2D eigenvalue weighted by Crippen LogP contribution is 2.33. The van der Waals surface area contributed by atoms with E-state index >= 15 is 0 Å². The Morgan fingerprint density at radius 1 is 1.35 bits per heavy atom. The lowest BCUT2D eigenvalue weighted by Gasteiger charge is -2.41. The Morgan fingerprint density at radius 2 is 2.00 bits per heavy atom. The second-order valence-corrected chi connectivity index (χ2v) is 5.82. The Kier molecular flexibility index (Phi) is 3.73. The average Bonchev–Trinajstić information content (AvgIpc) is 2.26. The van der Waals surface area contributed by atoms with Crippen LogP contribution in [0.3, 0.4) is 0 Å². The van der Waals surface area contributed by atoms with Gasteiger partial charge in [-0.05, 0) is 32.1 Å². The number of hydrogen-bond donors (Lipinski definition) is 2. The monoisotopic (exact) mass is 240 g/mol. The molecule has 2 saturated carbocycles. The molecule has 2 unspecified atom stereocenters. The van der Waals surface area contributed by atoms with E-state index in [1.807, 2.05) is 7.05 Å². The van der Waals surface area contributed by atoms with E-state index in [9.17, 15) is 9.90 Å². The predicted molar refractivity (Wildman–Crippen MR) is 66.4 cm³/mol. The van der Waals surface area contributed by atoms with E-state index in [1.54, 1.807) is 4.90 Å². The summed E-state index contributed by atoms with van der Waals surface area (Å²) in [5, 5.41) is 9.93. The van der Waals surface area contributed by atoms with Gasteiger partial charge in [0, 0.05) is 19.0 Å². The van der Waals surface area contributed by atoms with Gasteiger partial charge >= 0.3 is 0 Å². The highest BCUT2D eigenvalue weighted by molar-refractivity contribution is 5.77. The number of likely N-dealkylation sites (N-methyl/N-ethyl adjacent to an activating group) is 1. The number of aliphatic hydroxyl groups is 1. The fourth-order valence-electron chi connectivity index (χ4n) is 2.96. The molecule has 98 valence electrons. The van der Waals surface area contributed by atoms with Crippen LogP contribution in [0.2, 0.25) is 0 Å². The zero-order chi connectivity index (χ0) is 12.5. The van der Waals surface area contributed by atoms with Gasteiger partial charge in [-0.3, -0.25) is 4.79 Å². The molecule has 0 aromatic rings. The Labute approximate surface area is 103 Å². The molecule has 2 fully saturated rings. The molecular formula is C13H24N2O2. The number of nitrogens with zero attached hydrogens (tertiary/aromatic N) is 1. The number of carbonyl (C=O) groups excluding carboxylic acids is 1. The van der Waals surface area contributed by atoms with E-state index in [0.717, 1.165) is 44.9 Å². The van der Waals surface area contributed by atoms with Gasteiger partial charge < -0.3 is 15.7 Å². The minimum atomic E-state index is -0.354. The van der Waals surface area contributed by atoms with Gasteiger partial charge in [0.05, 0.1) is 12.1 Å². The number of nitrogens with two attached hydrogens (primary N) is 1. The first-order valence-electron chi connectivity index (χ1n) is 6.74. The summed E-state index contributed by atoms with van der Waals surface area (Å²) < 4.78 is 0. The standard InChI is InChI=1S/C13H24N2O2/c1-15(10-5-2-3-6-11(10)16)12(17)9-13(14)7-4-8-13/h10-11,16H,2-9,14H2,1H3. The van der Waals surface area contributed by atoms with E-state index in [2.05, 4.69) is 0 Å².